The molecule has 6 aromatic rings. The molecule has 0 aromatic heterocycles. The average Bonchev–Trinajstić information content (AvgIpc) is 3.28. The summed E-state index contributed by atoms with van der Waals surface area (Å²) in [5.74, 6) is 1.10. The molecule has 9 nitrogen and oxygen atoms in total. The maximum atomic E-state index is 13.8. The minimum absolute atomic E-state index is 0.0231. The highest BCUT2D eigenvalue weighted by atomic mass is 32.2. The summed E-state index contributed by atoms with van der Waals surface area (Å²) in [4.78, 5) is 15.0. The van der Waals surface area contributed by atoms with Crippen molar-refractivity contribution < 1.29 is 32.5 Å². The Bertz CT molecular complexity index is 2450. The number of hydrogen-bond acceptors (Lipinski definition) is 8. The lowest BCUT2D eigenvalue weighted by molar-refractivity contribution is -0.268. The van der Waals surface area contributed by atoms with Crippen LogP contribution in [0.5, 0.6) is 5.75 Å². The van der Waals surface area contributed by atoms with Gasteiger partial charge in [-0.2, -0.15) is 4.72 Å². The molecule has 0 saturated carbocycles. The van der Waals surface area contributed by atoms with E-state index < -0.39 is 28.3 Å². The predicted molar refractivity (Wildman–Crippen MR) is 236 cm³/mol. The van der Waals surface area contributed by atoms with Crippen LogP contribution in [0.2, 0.25) is 0 Å². The van der Waals surface area contributed by atoms with Crippen LogP contribution >= 0.6 is 11.8 Å². The van der Waals surface area contributed by atoms with Crippen LogP contribution in [-0.2, 0) is 43.9 Å². The molecule has 0 spiro atoms. The molecule has 1 aliphatic rings. The van der Waals surface area contributed by atoms with Gasteiger partial charge >= 0.3 is 0 Å². The molecule has 11 heteroatoms. The lowest BCUT2D eigenvalue weighted by atomic mass is 9.91. The third-order valence-corrected chi connectivity index (χ3v) is 13.4. The summed E-state index contributed by atoms with van der Waals surface area (Å²) in [6, 6.07) is 46.6. The normalized spacial score (nSPS) is 18.4. The second kappa shape index (κ2) is 19.9. The fourth-order valence-electron chi connectivity index (χ4n) is 7.31. The number of thioether (sulfide) groups is 1. The SMILES string of the molecule is COc1ccccc1SC[C@@H]1O[C@H](c2ccc(-c3ccccc3CNC(=O)[C@@H](Cc3ccccc3)NS(=O)(=O)c3ccc(C)cc3)cc2)O[C@H](c2ccc(CO)cc2)[C@@H]1C. The predicted octanol–water partition coefficient (Wildman–Crippen LogP) is 8.95. The molecule has 60 heavy (non-hydrogen) atoms. The lowest BCUT2D eigenvalue weighted by Crippen LogP contribution is -2.47. The van der Waals surface area contributed by atoms with Crippen LogP contribution in [0.4, 0.5) is 0 Å². The Hall–Kier alpha value is -5.27. The minimum Gasteiger partial charge on any atom is -0.496 e. The quantitative estimate of drug-likeness (QED) is 0.0826. The molecule has 1 saturated heterocycles. The van der Waals surface area contributed by atoms with Gasteiger partial charge in [-0.1, -0.05) is 140 Å². The Morgan fingerprint density at radius 2 is 1.45 bits per heavy atom. The van der Waals surface area contributed by atoms with E-state index in [1.165, 1.54) is 0 Å². The van der Waals surface area contributed by atoms with Crippen molar-refractivity contribution in [3.8, 4) is 16.9 Å². The Kier molecular flexibility index (Phi) is 14.2. The smallest absolute Gasteiger partial charge is 0.241 e. The zero-order valence-electron chi connectivity index (χ0n) is 33.9. The van der Waals surface area contributed by atoms with Crippen LogP contribution in [0.25, 0.3) is 11.1 Å². The Morgan fingerprint density at radius 1 is 0.783 bits per heavy atom. The van der Waals surface area contributed by atoms with Crippen LogP contribution < -0.4 is 14.8 Å². The summed E-state index contributed by atoms with van der Waals surface area (Å²) >= 11 is 1.69. The monoisotopic (exact) mass is 842 g/mol. The summed E-state index contributed by atoms with van der Waals surface area (Å²) < 4.78 is 48.6. The number of aliphatic hydroxyl groups is 1. The molecule has 3 N–H and O–H groups in total. The van der Waals surface area contributed by atoms with Gasteiger partial charge in [0, 0.05) is 28.7 Å². The molecule has 6 aromatic carbocycles. The van der Waals surface area contributed by atoms with E-state index in [1.807, 2.05) is 128 Å². The van der Waals surface area contributed by atoms with Gasteiger partial charge in [-0.3, -0.25) is 4.79 Å². The van der Waals surface area contributed by atoms with E-state index in [4.69, 9.17) is 14.2 Å². The van der Waals surface area contributed by atoms with Crippen LogP contribution in [-0.4, -0.2) is 44.4 Å². The number of nitrogens with one attached hydrogen (secondary N) is 2. The molecule has 0 unspecified atom stereocenters. The summed E-state index contributed by atoms with van der Waals surface area (Å²) in [5, 5.41) is 12.7. The van der Waals surface area contributed by atoms with Gasteiger partial charge in [0.25, 0.3) is 0 Å². The minimum atomic E-state index is -3.98. The molecule has 1 aliphatic heterocycles. The van der Waals surface area contributed by atoms with Crippen LogP contribution in [0, 0.1) is 12.8 Å². The highest BCUT2D eigenvalue weighted by Crippen LogP contribution is 2.44. The summed E-state index contributed by atoms with van der Waals surface area (Å²) in [7, 11) is -2.31. The van der Waals surface area contributed by atoms with Crippen molar-refractivity contribution in [2.24, 2.45) is 5.92 Å². The van der Waals surface area contributed by atoms with Gasteiger partial charge in [-0.05, 0) is 71.0 Å². The fourth-order valence-corrected chi connectivity index (χ4v) is 9.70. The van der Waals surface area contributed by atoms with Crippen molar-refractivity contribution in [3.05, 3.63) is 185 Å². The van der Waals surface area contributed by atoms with Crippen molar-refractivity contribution in [3.63, 3.8) is 0 Å². The van der Waals surface area contributed by atoms with Gasteiger partial charge in [-0.15, -0.1) is 11.8 Å². The van der Waals surface area contributed by atoms with Gasteiger partial charge < -0.3 is 24.6 Å². The first kappa shape index (κ1) is 42.8. The van der Waals surface area contributed by atoms with Gasteiger partial charge in [0.05, 0.1) is 30.8 Å². The summed E-state index contributed by atoms with van der Waals surface area (Å²) in [6.45, 7) is 4.19. The lowest BCUT2D eigenvalue weighted by Gasteiger charge is -2.41. The second-order valence-electron chi connectivity index (χ2n) is 15.0. The number of para-hydroxylation sites is 1. The number of aliphatic hydroxyl groups excluding tert-OH is 1. The van der Waals surface area contributed by atoms with Gasteiger partial charge in [0.15, 0.2) is 6.29 Å². The van der Waals surface area contributed by atoms with Gasteiger partial charge in [0.2, 0.25) is 15.9 Å². The molecule has 1 heterocycles. The Morgan fingerprint density at radius 3 is 2.17 bits per heavy atom. The van der Waals surface area contributed by atoms with Crippen molar-refractivity contribution in [1.82, 2.24) is 10.0 Å². The number of carbonyl (C=O) groups is 1. The van der Waals surface area contributed by atoms with E-state index >= 15 is 0 Å². The maximum Gasteiger partial charge on any atom is 0.241 e. The zero-order valence-corrected chi connectivity index (χ0v) is 35.5. The first-order chi connectivity index (χ1) is 29.1. The number of ether oxygens (including phenoxy) is 3. The van der Waals surface area contributed by atoms with Crippen LogP contribution in [0.3, 0.4) is 0 Å². The first-order valence-electron chi connectivity index (χ1n) is 20.0. The van der Waals surface area contributed by atoms with Crippen LogP contribution in [0.15, 0.2) is 161 Å². The standard InChI is InChI=1S/C49H50N2O7S2/c1-33-17-27-41(28-18-33)60(54,55)51-43(29-35-11-5-4-6-12-35)48(53)50-30-40-13-7-8-14-42(40)37-23-25-39(26-24-37)49-57-45(32-59-46-16-10-9-15-44(46)56-3)34(2)47(58-49)38-21-19-36(31-52)20-22-38/h4-28,34,43,45,47,49,51-52H,29-32H2,1-3H3,(H,50,53)/t34-,43-,45+,47+,49+/m1/s1. The highest BCUT2D eigenvalue weighted by molar-refractivity contribution is 7.99. The number of carbonyl (C=O) groups excluding carboxylic acids is 1. The number of hydrogen-bond donors (Lipinski definition) is 3. The molecule has 310 valence electrons. The largest absolute Gasteiger partial charge is 0.496 e. The molecule has 0 aliphatic carbocycles. The number of benzene rings is 6. The van der Waals surface area contributed by atoms with E-state index in [0.29, 0.717) is 5.75 Å². The van der Waals surface area contributed by atoms with Gasteiger partial charge in [0.1, 0.15) is 11.8 Å². The number of aryl methyl sites for hydroxylation is 1. The summed E-state index contributed by atoms with van der Waals surface area (Å²) in [6.07, 6.45) is -0.867. The molecule has 0 bridgehead atoms. The highest BCUT2D eigenvalue weighted by Gasteiger charge is 2.38. The molecule has 5 atom stereocenters. The van der Waals surface area contributed by atoms with E-state index in [9.17, 15) is 18.3 Å². The molecule has 1 amide bonds. The number of rotatable bonds is 16. The van der Waals surface area contributed by atoms with E-state index in [2.05, 4.69) is 23.0 Å². The zero-order chi connectivity index (χ0) is 42.1. The third kappa shape index (κ3) is 10.5. The van der Waals surface area contributed by atoms with E-state index in [-0.39, 0.29) is 42.6 Å². The molecule has 7 rings (SSSR count). The van der Waals surface area contributed by atoms with Crippen molar-refractivity contribution >= 4 is 27.7 Å². The fraction of sp³-hybridized carbons (Fsp3) is 0.245. The van der Waals surface area contributed by atoms with Crippen molar-refractivity contribution in [2.75, 3.05) is 12.9 Å². The average molecular weight is 843 g/mol. The van der Waals surface area contributed by atoms with E-state index in [0.717, 1.165) is 55.2 Å². The Labute approximate surface area is 357 Å². The van der Waals surface area contributed by atoms with Crippen molar-refractivity contribution in [1.29, 1.82) is 0 Å². The maximum absolute atomic E-state index is 13.8. The van der Waals surface area contributed by atoms with Crippen LogP contribution in [0.1, 0.15) is 52.7 Å². The molecule has 1 fully saturated rings. The number of amides is 1. The van der Waals surface area contributed by atoms with E-state index in [1.54, 1.807) is 43.1 Å². The second-order valence-corrected chi connectivity index (χ2v) is 17.7. The third-order valence-electron chi connectivity index (χ3n) is 10.8. The molecular formula is C49H50N2O7S2. The van der Waals surface area contributed by atoms with Crippen molar-refractivity contribution in [2.45, 2.75) is 67.8 Å². The molecule has 0 radical (unpaired) electrons. The first-order valence-corrected chi connectivity index (χ1v) is 22.4. The number of methoxy groups -OCH3 is 1. The Balaban J connectivity index is 1.08. The topological polar surface area (TPSA) is 123 Å². The summed E-state index contributed by atoms with van der Waals surface area (Å²) in [5.41, 5.74) is 7.22. The van der Waals surface area contributed by atoms with Gasteiger partial charge in [-0.25, -0.2) is 8.42 Å². The number of sulfonamides is 1. The molecular weight excluding hydrogens is 793 g/mol.